The van der Waals surface area contributed by atoms with E-state index < -0.39 is 18.0 Å². The molecule has 2 amide bonds. The molecule has 1 heterocycles. The lowest BCUT2D eigenvalue weighted by molar-refractivity contribution is -0.147. The summed E-state index contributed by atoms with van der Waals surface area (Å²) in [4.78, 5) is 35.8. The maximum Gasteiger partial charge on any atom is 0.328 e. The molecule has 0 saturated carbocycles. The third-order valence-corrected chi connectivity index (χ3v) is 3.19. The van der Waals surface area contributed by atoms with Gasteiger partial charge in [0.2, 0.25) is 0 Å². The van der Waals surface area contributed by atoms with E-state index in [2.05, 4.69) is 5.32 Å². The molecule has 1 aromatic rings. The van der Waals surface area contributed by atoms with E-state index in [4.69, 9.17) is 9.84 Å². The Bertz CT molecular complexity index is 572. The smallest absolute Gasteiger partial charge is 0.328 e. The highest BCUT2D eigenvalue weighted by Crippen LogP contribution is 2.14. The molecule has 0 radical (unpaired) electrons. The SMILES string of the molecule is CC(=O)c1cccc(NC(=O)N2CCOCC2C(=O)O)c1. The molecule has 0 aliphatic carbocycles. The van der Waals surface area contributed by atoms with E-state index in [1.807, 2.05) is 0 Å². The predicted octanol–water partition coefficient (Wildman–Crippen LogP) is 1.21. The number of hydrogen-bond donors (Lipinski definition) is 2. The third kappa shape index (κ3) is 3.57. The summed E-state index contributed by atoms with van der Waals surface area (Å²) in [6, 6.07) is 4.96. The quantitative estimate of drug-likeness (QED) is 0.816. The van der Waals surface area contributed by atoms with Crippen LogP contribution in [0.25, 0.3) is 0 Å². The molecule has 21 heavy (non-hydrogen) atoms. The molecule has 1 unspecified atom stereocenters. The number of carbonyl (C=O) groups excluding carboxylic acids is 2. The van der Waals surface area contributed by atoms with Gasteiger partial charge in [-0.25, -0.2) is 9.59 Å². The van der Waals surface area contributed by atoms with Gasteiger partial charge in [-0.2, -0.15) is 0 Å². The van der Waals surface area contributed by atoms with E-state index in [9.17, 15) is 14.4 Å². The van der Waals surface area contributed by atoms with Gasteiger partial charge in [0.25, 0.3) is 0 Å². The number of nitrogens with zero attached hydrogens (tertiary/aromatic N) is 1. The van der Waals surface area contributed by atoms with Gasteiger partial charge in [0.1, 0.15) is 0 Å². The van der Waals surface area contributed by atoms with Crippen LogP contribution in [0.3, 0.4) is 0 Å². The van der Waals surface area contributed by atoms with Crippen molar-refractivity contribution < 1.29 is 24.2 Å². The maximum atomic E-state index is 12.2. The molecule has 1 atom stereocenters. The number of urea groups is 1. The van der Waals surface area contributed by atoms with E-state index in [1.165, 1.54) is 11.8 Å². The average molecular weight is 292 g/mol. The number of rotatable bonds is 3. The average Bonchev–Trinajstić information content (AvgIpc) is 2.47. The number of carboxylic acids is 1. The first kappa shape index (κ1) is 15.0. The van der Waals surface area contributed by atoms with Gasteiger partial charge in [0, 0.05) is 17.8 Å². The molecule has 7 nitrogen and oxygen atoms in total. The summed E-state index contributed by atoms with van der Waals surface area (Å²) in [5, 5.41) is 11.7. The van der Waals surface area contributed by atoms with Gasteiger partial charge < -0.3 is 20.1 Å². The highest BCUT2D eigenvalue weighted by Gasteiger charge is 2.32. The van der Waals surface area contributed by atoms with Crippen molar-refractivity contribution in [2.45, 2.75) is 13.0 Å². The first-order chi connectivity index (χ1) is 9.99. The van der Waals surface area contributed by atoms with Crippen molar-refractivity contribution in [3.63, 3.8) is 0 Å². The number of carboxylic acid groups (broad SMARTS) is 1. The molecule has 1 aromatic carbocycles. The van der Waals surface area contributed by atoms with E-state index in [0.717, 1.165) is 0 Å². The van der Waals surface area contributed by atoms with Gasteiger partial charge in [-0.15, -0.1) is 0 Å². The Morgan fingerprint density at radius 1 is 1.38 bits per heavy atom. The number of hydrogen-bond acceptors (Lipinski definition) is 4. The number of carbonyl (C=O) groups is 3. The predicted molar refractivity (Wildman–Crippen MR) is 74.4 cm³/mol. The van der Waals surface area contributed by atoms with Crippen LogP contribution >= 0.6 is 0 Å². The molecule has 2 N–H and O–H groups in total. The van der Waals surface area contributed by atoms with E-state index in [-0.39, 0.29) is 18.9 Å². The zero-order valence-corrected chi connectivity index (χ0v) is 11.5. The number of Topliss-reactive ketones (excluding diaryl/α,β-unsaturated/α-hetero) is 1. The summed E-state index contributed by atoms with van der Waals surface area (Å²) in [6.07, 6.45) is 0. The zero-order valence-electron chi connectivity index (χ0n) is 11.5. The molecule has 0 aromatic heterocycles. The Hall–Kier alpha value is -2.41. The lowest BCUT2D eigenvalue weighted by Crippen LogP contribution is -2.53. The summed E-state index contributed by atoms with van der Waals surface area (Å²) in [5.74, 6) is -1.22. The third-order valence-electron chi connectivity index (χ3n) is 3.19. The van der Waals surface area contributed by atoms with Crippen molar-refractivity contribution in [2.75, 3.05) is 25.1 Å². The van der Waals surface area contributed by atoms with Crippen LogP contribution in [0.2, 0.25) is 0 Å². The topological polar surface area (TPSA) is 95.9 Å². The number of amides is 2. The summed E-state index contributed by atoms with van der Waals surface area (Å²) in [6.45, 7) is 1.90. The van der Waals surface area contributed by atoms with Crippen LogP contribution < -0.4 is 5.32 Å². The molecule has 2 rings (SSSR count). The molecular formula is C14H16N2O5. The summed E-state index contributed by atoms with van der Waals surface area (Å²) < 4.78 is 5.08. The molecular weight excluding hydrogens is 276 g/mol. The monoisotopic (exact) mass is 292 g/mol. The minimum atomic E-state index is -1.11. The lowest BCUT2D eigenvalue weighted by Gasteiger charge is -2.32. The standard InChI is InChI=1S/C14H16N2O5/c1-9(17)10-3-2-4-11(7-10)15-14(20)16-5-6-21-8-12(16)13(18)19/h2-4,7,12H,5-6,8H2,1H3,(H,15,20)(H,18,19). The van der Waals surface area contributed by atoms with Crippen molar-refractivity contribution in [2.24, 2.45) is 0 Å². The first-order valence-corrected chi connectivity index (χ1v) is 6.48. The van der Waals surface area contributed by atoms with Crippen molar-refractivity contribution >= 4 is 23.5 Å². The van der Waals surface area contributed by atoms with Crippen LogP contribution in [0.1, 0.15) is 17.3 Å². The Morgan fingerprint density at radius 2 is 2.14 bits per heavy atom. The number of ether oxygens (including phenoxy) is 1. The summed E-state index contributed by atoms with van der Waals surface area (Å²) in [5.41, 5.74) is 0.924. The van der Waals surface area contributed by atoms with Crippen LogP contribution in [0.4, 0.5) is 10.5 Å². The Balaban J connectivity index is 2.11. The Labute approximate surface area is 121 Å². The largest absolute Gasteiger partial charge is 0.480 e. The van der Waals surface area contributed by atoms with Crippen LogP contribution in [0, 0.1) is 0 Å². The minimum absolute atomic E-state index is 0.0315. The Kier molecular flexibility index (Phi) is 4.54. The number of nitrogens with one attached hydrogen (secondary N) is 1. The maximum absolute atomic E-state index is 12.2. The van der Waals surface area contributed by atoms with Gasteiger partial charge >= 0.3 is 12.0 Å². The number of benzene rings is 1. The van der Waals surface area contributed by atoms with Gasteiger partial charge in [0.05, 0.1) is 13.2 Å². The summed E-state index contributed by atoms with van der Waals surface area (Å²) in [7, 11) is 0. The van der Waals surface area contributed by atoms with E-state index in [1.54, 1.807) is 24.3 Å². The number of morpholine rings is 1. The number of ketones is 1. The molecule has 7 heteroatoms. The zero-order chi connectivity index (χ0) is 15.4. The minimum Gasteiger partial charge on any atom is -0.480 e. The lowest BCUT2D eigenvalue weighted by atomic mass is 10.1. The van der Waals surface area contributed by atoms with E-state index in [0.29, 0.717) is 17.9 Å². The number of anilines is 1. The first-order valence-electron chi connectivity index (χ1n) is 6.48. The highest BCUT2D eigenvalue weighted by molar-refractivity contribution is 5.97. The van der Waals surface area contributed by atoms with Crippen molar-refractivity contribution in [1.82, 2.24) is 4.90 Å². The van der Waals surface area contributed by atoms with Gasteiger partial charge in [0.15, 0.2) is 11.8 Å². The van der Waals surface area contributed by atoms with Crippen molar-refractivity contribution in [1.29, 1.82) is 0 Å². The van der Waals surface area contributed by atoms with Crippen LogP contribution in [0.5, 0.6) is 0 Å². The van der Waals surface area contributed by atoms with Crippen molar-refractivity contribution in [3.05, 3.63) is 29.8 Å². The second kappa shape index (κ2) is 6.36. The van der Waals surface area contributed by atoms with Gasteiger partial charge in [-0.1, -0.05) is 12.1 Å². The van der Waals surface area contributed by atoms with Crippen molar-refractivity contribution in [3.8, 4) is 0 Å². The van der Waals surface area contributed by atoms with Crippen LogP contribution in [0.15, 0.2) is 24.3 Å². The molecule has 1 aliphatic rings. The molecule has 1 fully saturated rings. The van der Waals surface area contributed by atoms with E-state index >= 15 is 0 Å². The fourth-order valence-corrected chi connectivity index (χ4v) is 2.06. The fraction of sp³-hybridized carbons (Fsp3) is 0.357. The normalized spacial score (nSPS) is 18.1. The molecule has 0 bridgehead atoms. The van der Waals surface area contributed by atoms with Gasteiger partial charge in [-0.05, 0) is 19.1 Å². The summed E-state index contributed by atoms with van der Waals surface area (Å²) >= 11 is 0. The second-order valence-electron chi connectivity index (χ2n) is 4.69. The van der Waals surface area contributed by atoms with Crippen LogP contribution in [-0.4, -0.2) is 53.6 Å². The molecule has 1 saturated heterocycles. The van der Waals surface area contributed by atoms with Gasteiger partial charge in [-0.3, -0.25) is 4.79 Å². The Morgan fingerprint density at radius 3 is 2.81 bits per heavy atom. The molecule has 112 valence electrons. The number of aliphatic carboxylic acids is 1. The highest BCUT2D eigenvalue weighted by atomic mass is 16.5. The van der Waals surface area contributed by atoms with Crippen LogP contribution in [-0.2, 0) is 9.53 Å². The molecule has 1 aliphatic heterocycles. The second-order valence-corrected chi connectivity index (χ2v) is 4.69. The fourth-order valence-electron chi connectivity index (χ4n) is 2.06. The molecule has 0 spiro atoms.